The van der Waals surface area contributed by atoms with Crippen molar-refractivity contribution < 1.29 is 27.5 Å². The molecule has 222 valence electrons. The molecule has 0 spiro atoms. The molecular weight excluding hydrogens is 556 g/mol. The number of amides is 1. The van der Waals surface area contributed by atoms with Gasteiger partial charge in [0.15, 0.2) is 11.7 Å². The molecule has 42 heavy (non-hydrogen) atoms. The van der Waals surface area contributed by atoms with Crippen molar-refractivity contribution in [3.63, 3.8) is 0 Å². The lowest BCUT2D eigenvalue weighted by Crippen LogP contribution is -2.52. The summed E-state index contributed by atoms with van der Waals surface area (Å²) in [5.74, 6) is -3.47. The number of carbonyl (C=O) groups is 1. The first-order valence-electron chi connectivity index (χ1n) is 13.4. The van der Waals surface area contributed by atoms with Crippen LogP contribution < -0.4 is 11.3 Å². The van der Waals surface area contributed by atoms with Crippen LogP contribution in [0.1, 0.15) is 29.9 Å². The van der Waals surface area contributed by atoms with E-state index in [1.54, 1.807) is 25.2 Å². The monoisotopic (exact) mass is 586 g/mol. The van der Waals surface area contributed by atoms with Gasteiger partial charge in [0, 0.05) is 37.8 Å². The first-order chi connectivity index (χ1) is 20.0. The van der Waals surface area contributed by atoms with Crippen LogP contribution in [0, 0.1) is 5.82 Å². The predicted molar refractivity (Wildman–Crippen MR) is 147 cm³/mol. The third kappa shape index (κ3) is 5.53. The van der Waals surface area contributed by atoms with Crippen LogP contribution in [0.5, 0.6) is 0 Å². The van der Waals surface area contributed by atoms with Gasteiger partial charge in [-0.3, -0.25) is 18.8 Å². The molecule has 2 atom stereocenters. The molecule has 3 heterocycles. The highest BCUT2D eigenvalue weighted by molar-refractivity contribution is 5.89. The van der Waals surface area contributed by atoms with E-state index in [1.165, 1.54) is 45.9 Å². The van der Waals surface area contributed by atoms with E-state index >= 15 is 4.39 Å². The van der Waals surface area contributed by atoms with Crippen LogP contribution in [-0.2, 0) is 24.9 Å². The molecule has 4 aromatic rings. The summed E-state index contributed by atoms with van der Waals surface area (Å²) < 4.78 is 59.6. The van der Waals surface area contributed by atoms with Crippen molar-refractivity contribution in [3.05, 3.63) is 82.2 Å². The number of piperidine rings is 1. The molecular formula is C29H30F4N6O3. The first kappa shape index (κ1) is 29.4. The molecule has 5 rings (SSSR count). The number of halogens is 4. The minimum absolute atomic E-state index is 0.0130. The number of aromatic nitrogens is 4. The van der Waals surface area contributed by atoms with E-state index in [9.17, 15) is 27.9 Å². The summed E-state index contributed by atoms with van der Waals surface area (Å²) in [6, 6.07) is 11.8. The first-order valence-corrected chi connectivity index (χ1v) is 13.4. The molecule has 2 aromatic heterocycles. The van der Waals surface area contributed by atoms with E-state index in [1.807, 2.05) is 0 Å². The van der Waals surface area contributed by atoms with Crippen molar-refractivity contribution in [2.75, 3.05) is 13.1 Å². The maximum Gasteiger partial charge on any atom is 0.281 e. The molecule has 0 radical (unpaired) electrons. The number of benzene rings is 2. The van der Waals surface area contributed by atoms with Crippen LogP contribution in [0.25, 0.3) is 22.3 Å². The average Bonchev–Trinajstić information content (AvgIpc) is 3.31. The summed E-state index contributed by atoms with van der Waals surface area (Å²) in [5.41, 5.74) is 5.11. The second-order valence-corrected chi connectivity index (χ2v) is 10.6. The van der Waals surface area contributed by atoms with Crippen molar-refractivity contribution in [1.82, 2.24) is 24.2 Å². The molecule has 1 saturated heterocycles. The summed E-state index contributed by atoms with van der Waals surface area (Å²) in [4.78, 5) is 31.6. The lowest BCUT2D eigenvalue weighted by atomic mass is 9.89. The third-order valence-electron chi connectivity index (χ3n) is 7.84. The number of rotatable bonds is 8. The molecule has 0 bridgehead atoms. The van der Waals surface area contributed by atoms with Crippen molar-refractivity contribution in [1.29, 1.82) is 0 Å². The van der Waals surface area contributed by atoms with Gasteiger partial charge in [-0.05, 0) is 24.5 Å². The molecule has 9 nitrogen and oxygen atoms in total. The Morgan fingerprint density at radius 3 is 2.40 bits per heavy atom. The topological polar surface area (TPSA) is 119 Å². The number of carbonyl (C=O) groups excluding carboxylic acids is 1. The number of hydrogen-bond acceptors (Lipinski definition) is 6. The summed E-state index contributed by atoms with van der Waals surface area (Å²) in [5, 5.41) is 15.5. The number of alkyl halides is 3. The van der Waals surface area contributed by atoms with Crippen LogP contribution in [-0.4, -0.2) is 66.5 Å². The average molecular weight is 587 g/mol. The number of nitrogens with zero attached hydrogens (tertiary/aromatic N) is 5. The Morgan fingerprint density at radius 1 is 1.10 bits per heavy atom. The summed E-state index contributed by atoms with van der Waals surface area (Å²) >= 11 is 0. The number of hydrogen-bond donors (Lipinski definition) is 2. The van der Waals surface area contributed by atoms with E-state index in [0.29, 0.717) is 16.8 Å². The van der Waals surface area contributed by atoms with Gasteiger partial charge in [-0.1, -0.05) is 42.5 Å². The quantitative estimate of drug-likeness (QED) is 0.306. The number of nitrogens with two attached hydrogens (primary N) is 1. The van der Waals surface area contributed by atoms with E-state index in [4.69, 9.17) is 5.73 Å². The normalized spacial score (nSPS) is 16.6. The Kier molecular flexibility index (Phi) is 8.15. The smallest absolute Gasteiger partial charge is 0.281 e. The van der Waals surface area contributed by atoms with E-state index in [2.05, 4.69) is 10.1 Å². The Hall–Kier alpha value is -4.10. The van der Waals surface area contributed by atoms with Gasteiger partial charge < -0.3 is 15.7 Å². The van der Waals surface area contributed by atoms with Crippen molar-refractivity contribution in [2.45, 2.75) is 50.0 Å². The van der Waals surface area contributed by atoms with Gasteiger partial charge >= 0.3 is 0 Å². The van der Waals surface area contributed by atoms with Gasteiger partial charge in [-0.15, -0.1) is 0 Å². The van der Waals surface area contributed by atoms with Gasteiger partial charge in [-0.2, -0.15) is 5.10 Å². The standard InChI is InChI=1S/C29H30F4N6O3/c1-37-25(18-7-8-19(14-34)20(30)13-18)23-24(36-37)28(41)39(16-35-23)15-29(42)9-11-38(12-10-29)27(40)22(31)21(26(32)33)17-5-3-2-4-6-17/h2-8,13,16,21-22,26,42H,9-12,14-15,34H2,1H3. The molecule has 2 unspecified atom stereocenters. The van der Waals surface area contributed by atoms with Crippen molar-refractivity contribution >= 4 is 16.9 Å². The van der Waals surface area contributed by atoms with Crippen LogP contribution in [0.3, 0.4) is 0 Å². The van der Waals surface area contributed by atoms with Crippen LogP contribution in [0.2, 0.25) is 0 Å². The van der Waals surface area contributed by atoms with Crippen molar-refractivity contribution in [2.24, 2.45) is 12.8 Å². The molecule has 2 aromatic carbocycles. The largest absolute Gasteiger partial charge is 0.388 e. The SMILES string of the molecule is Cn1nc2c(=O)n(CC3(O)CCN(C(=O)C(F)C(c4ccccc4)C(F)F)CC3)cnc2c1-c1ccc(CN)c(F)c1. The zero-order chi connectivity index (χ0) is 30.2. The second kappa shape index (κ2) is 11.6. The van der Waals surface area contributed by atoms with E-state index in [-0.39, 0.29) is 55.6 Å². The fraction of sp³-hybridized carbons (Fsp3) is 0.379. The minimum Gasteiger partial charge on any atom is -0.388 e. The van der Waals surface area contributed by atoms with Gasteiger partial charge in [-0.25, -0.2) is 22.5 Å². The fourth-order valence-electron chi connectivity index (χ4n) is 5.46. The molecule has 1 amide bonds. The fourth-order valence-corrected chi connectivity index (χ4v) is 5.46. The number of aryl methyl sites for hydroxylation is 1. The highest BCUT2D eigenvalue weighted by atomic mass is 19.3. The van der Waals surface area contributed by atoms with Crippen LogP contribution in [0.15, 0.2) is 59.7 Å². The Morgan fingerprint density at radius 2 is 1.79 bits per heavy atom. The second-order valence-electron chi connectivity index (χ2n) is 10.6. The van der Waals surface area contributed by atoms with Crippen LogP contribution >= 0.6 is 0 Å². The van der Waals surface area contributed by atoms with Gasteiger partial charge in [0.1, 0.15) is 11.3 Å². The Bertz CT molecular complexity index is 1650. The molecule has 0 saturated carbocycles. The van der Waals surface area contributed by atoms with E-state index < -0.39 is 41.4 Å². The maximum atomic E-state index is 15.1. The lowest BCUT2D eigenvalue weighted by molar-refractivity contribution is -0.143. The van der Waals surface area contributed by atoms with Gasteiger partial charge in [0.25, 0.3) is 11.5 Å². The molecule has 1 aliphatic rings. The highest BCUT2D eigenvalue weighted by Crippen LogP contribution is 2.32. The zero-order valence-electron chi connectivity index (χ0n) is 22.8. The lowest BCUT2D eigenvalue weighted by Gasteiger charge is -2.39. The predicted octanol–water partition coefficient (Wildman–Crippen LogP) is 3.14. The molecule has 0 aliphatic carbocycles. The molecule has 1 aliphatic heterocycles. The van der Waals surface area contributed by atoms with Crippen molar-refractivity contribution in [3.8, 4) is 11.3 Å². The van der Waals surface area contributed by atoms with Gasteiger partial charge in [0.2, 0.25) is 6.43 Å². The number of aliphatic hydroxyl groups is 1. The van der Waals surface area contributed by atoms with Gasteiger partial charge in [0.05, 0.1) is 30.1 Å². The zero-order valence-corrected chi connectivity index (χ0v) is 22.8. The molecule has 13 heteroatoms. The Labute approximate surface area is 238 Å². The number of fused-ring (bicyclic) bond motifs is 1. The summed E-state index contributed by atoms with van der Waals surface area (Å²) in [7, 11) is 1.60. The van der Waals surface area contributed by atoms with Crippen LogP contribution in [0.4, 0.5) is 17.6 Å². The molecule has 1 fully saturated rings. The number of likely N-dealkylation sites (tertiary alicyclic amines) is 1. The highest BCUT2D eigenvalue weighted by Gasteiger charge is 2.42. The van der Waals surface area contributed by atoms with E-state index in [0.717, 1.165) is 4.90 Å². The third-order valence-corrected chi connectivity index (χ3v) is 7.84. The maximum absolute atomic E-state index is 15.1. The minimum atomic E-state index is -3.08. The molecule has 3 N–H and O–H groups in total. The summed E-state index contributed by atoms with van der Waals surface area (Å²) in [6.45, 7) is -0.300. The Balaban J connectivity index is 1.31. The summed E-state index contributed by atoms with van der Waals surface area (Å²) in [6.07, 6.45) is -4.30.